The van der Waals surface area contributed by atoms with Crippen LogP contribution in [0.15, 0.2) is 140 Å². The summed E-state index contributed by atoms with van der Waals surface area (Å²) in [5.41, 5.74) is -27.8. The van der Waals surface area contributed by atoms with Crippen LogP contribution in [0.4, 0.5) is 105 Å². The maximum atomic E-state index is 14.2. The van der Waals surface area contributed by atoms with E-state index in [-0.39, 0.29) is 5.97 Å². The topological polar surface area (TPSA) is 30.2 Å². The summed E-state index contributed by atoms with van der Waals surface area (Å²) in [6.45, 7) is 6.37. The minimum atomic E-state index is -6.13. The smallest absolute Gasteiger partial charge is 0.416 e. The van der Waals surface area contributed by atoms with Crippen LogP contribution in [0.1, 0.15) is 81.2 Å². The van der Waals surface area contributed by atoms with Gasteiger partial charge in [-0.25, -0.2) is 4.79 Å². The van der Waals surface area contributed by atoms with E-state index in [9.17, 15) is 110 Å². The van der Waals surface area contributed by atoms with E-state index in [0.29, 0.717) is 5.56 Å². The number of ether oxygens (including phenoxy) is 1. The third-order valence-corrected chi connectivity index (χ3v) is 12.2. The van der Waals surface area contributed by atoms with Crippen LogP contribution >= 0.6 is 0 Å². The second-order valence-corrected chi connectivity index (χ2v) is 19.1. The van der Waals surface area contributed by atoms with E-state index in [2.05, 4.69) is 35.0 Å². The first-order chi connectivity index (χ1) is 36.7. The normalized spacial score (nSPS) is 13.5. The number of esters is 1. The number of carbonyl (C=O) groups excluding carboxylic acids is 1. The average Bonchev–Trinajstić information content (AvgIpc) is 3.53. The lowest BCUT2D eigenvalue weighted by Gasteiger charge is -2.46. The summed E-state index contributed by atoms with van der Waals surface area (Å²) < 4.78 is 348. The van der Waals surface area contributed by atoms with Crippen LogP contribution in [0.2, 0.25) is 0 Å². The standard InChI is InChI=1S/C32H12BF24.C21H22NO2/c34-25(35,36)13-1-14(26(37,38)39)6-21(5-13)33(22-7-15(27(40,41)42)2-16(8-22)28(43,44)45,23-9-17(29(46,47)48)3-18(10-23)30(49,50)51)24-11-19(31(52,53)54)4-20(12-24)32(55,56)57;1-21(2,3)24-20(23)18-12-10-16(11-13-18)15-22-14-6-8-17-7-4-5-9-19(17)22/h1-12H;4-14H,15H2,1-3H3/q-1;+1. The number of alkyl halides is 24. The summed E-state index contributed by atoms with van der Waals surface area (Å²) in [6.07, 6.45) is -52.7. The fraction of sp³-hybridized carbons (Fsp3) is 0.245. The van der Waals surface area contributed by atoms with E-state index in [0.717, 1.165) is 12.1 Å². The first-order valence-electron chi connectivity index (χ1n) is 22.7. The molecule has 0 saturated heterocycles. The van der Waals surface area contributed by atoms with E-state index in [4.69, 9.17) is 4.74 Å². The molecule has 28 heteroatoms. The molecule has 0 fully saturated rings. The number of pyridine rings is 1. The molecule has 0 aliphatic carbocycles. The molecule has 3 nitrogen and oxygen atoms in total. The van der Waals surface area contributed by atoms with Gasteiger partial charge in [-0.2, -0.15) is 132 Å². The number of benzene rings is 6. The maximum Gasteiger partial charge on any atom is 0.416 e. The van der Waals surface area contributed by atoms with Crippen molar-refractivity contribution in [3.63, 3.8) is 0 Å². The predicted octanol–water partition coefficient (Wildman–Crippen LogP) is 15.3. The van der Waals surface area contributed by atoms with Crippen molar-refractivity contribution in [3.8, 4) is 0 Å². The summed E-state index contributed by atoms with van der Waals surface area (Å²) in [4.78, 5) is 12.1. The largest absolute Gasteiger partial charge is 0.456 e. The van der Waals surface area contributed by atoms with E-state index in [1.807, 2.05) is 57.2 Å². The van der Waals surface area contributed by atoms with Crippen LogP contribution < -0.4 is 26.4 Å². The molecule has 0 unspecified atom stereocenters. The molecule has 0 radical (unpaired) electrons. The first-order valence-corrected chi connectivity index (χ1v) is 22.7. The molecule has 0 amide bonds. The van der Waals surface area contributed by atoms with E-state index in [1.54, 1.807) is 0 Å². The molecule has 7 aromatic rings. The van der Waals surface area contributed by atoms with Crippen LogP contribution in [-0.4, -0.2) is 17.7 Å². The third-order valence-electron chi connectivity index (χ3n) is 12.2. The number of hydrogen-bond acceptors (Lipinski definition) is 2. The van der Waals surface area contributed by atoms with Gasteiger partial charge in [0.1, 0.15) is 11.7 Å². The monoisotopic (exact) mass is 1180 g/mol. The molecule has 1 heterocycles. The summed E-state index contributed by atoms with van der Waals surface area (Å²) in [5.74, 6) is -0.285. The highest BCUT2D eigenvalue weighted by Gasteiger charge is 2.47. The van der Waals surface area contributed by atoms with Gasteiger partial charge in [0.25, 0.3) is 0 Å². The Hall–Kier alpha value is -7.42. The third kappa shape index (κ3) is 14.7. The molecule has 1 aromatic heterocycles. The predicted molar refractivity (Wildman–Crippen MR) is 245 cm³/mol. The first kappa shape index (κ1) is 62.8. The molecule has 0 atom stereocenters. The quantitative estimate of drug-likeness (QED) is 0.0689. The van der Waals surface area contributed by atoms with Crippen LogP contribution in [0.25, 0.3) is 10.9 Å². The molecular formula is C53H34BF24NO2. The Kier molecular flexibility index (Phi) is 16.6. The van der Waals surface area contributed by atoms with Gasteiger partial charge >= 0.3 is 55.4 Å². The summed E-state index contributed by atoms with van der Waals surface area (Å²) in [7, 11) is 0. The van der Waals surface area contributed by atoms with E-state index in [1.165, 1.54) is 10.9 Å². The Balaban J connectivity index is 0.000000363. The molecular weight excluding hydrogens is 1150 g/mol. The van der Waals surface area contributed by atoms with Gasteiger partial charge in [-0.15, -0.1) is 0 Å². The maximum absolute atomic E-state index is 14.2. The number of rotatable bonds is 7. The van der Waals surface area contributed by atoms with Crippen molar-refractivity contribution in [2.75, 3.05) is 0 Å². The van der Waals surface area contributed by atoms with Crippen LogP contribution in [-0.2, 0) is 60.7 Å². The van der Waals surface area contributed by atoms with Crippen molar-refractivity contribution in [2.45, 2.75) is 82.3 Å². The molecule has 434 valence electrons. The van der Waals surface area contributed by atoms with Crippen LogP contribution in [0.5, 0.6) is 0 Å². The Bertz CT molecular complexity index is 2990. The van der Waals surface area contributed by atoms with Gasteiger partial charge in [0.15, 0.2) is 12.7 Å². The number of halogens is 24. The van der Waals surface area contributed by atoms with Crippen molar-refractivity contribution in [2.24, 2.45) is 0 Å². The van der Waals surface area contributed by atoms with Gasteiger partial charge in [-0.1, -0.05) is 72.8 Å². The Morgan fingerprint density at radius 1 is 0.383 bits per heavy atom. The highest BCUT2D eigenvalue weighted by atomic mass is 19.4. The second kappa shape index (κ2) is 21.5. The van der Waals surface area contributed by atoms with Crippen LogP contribution in [0.3, 0.4) is 0 Å². The molecule has 0 saturated carbocycles. The summed E-state index contributed by atoms with van der Waals surface area (Å²) in [6, 6.07) is 11.3. The molecule has 0 aliphatic rings. The summed E-state index contributed by atoms with van der Waals surface area (Å²) in [5, 5.41) is 1.21. The van der Waals surface area contributed by atoms with Crippen LogP contribution in [0, 0.1) is 0 Å². The number of carbonyl (C=O) groups is 1. The second-order valence-electron chi connectivity index (χ2n) is 19.1. The zero-order valence-electron chi connectivity index (χ0n) is 40.9. The Morgan fingerprint density at radius 2 is 0.654 bits per heavy atom. The molecule has 0 bridgehead atoms. The van der Waals surface area contributed by atoms with E-state index >= 15 is 0 Å². The highest BCUT2D eigenvalue weighted by Crippen LogP contribution is 2.41. The molecule has 0 aliphatic heterocycles. The van der Waals surface area contributed by atoms with Gasteiger partial charge in [0, 0.05) is 23.1 Å². The Morgan fingerprint density at radius 3 is 0.926 bits per heavy atom. The minimum Gasteiger partial charge on any atom is -0.456 e. The molecule has 81 heavy (non-hydrogen) atoms. The van der Waals surface area contributed by atoms with Crippen molar-refractivity contribution in [1.82, 2.24) is 0 Å². The number of nitrogens with zero attached hydrogens (tertiary/aromatic N) is 1. The Labute approximate surface area is 441 Å². The van der Waals surface area contributed by atoms with Gasteiger partial charge < -0.3 is 4.74 Å². The molecule has 7 rings (SSSR count). The summed E-state index contributed by atoms with van der Waals surface area (Å²) >= 11 is 0. The highest BCUT2D eigenvalue weighted by molar-refractivity contribution is 7.20. The van der Waals surface area contributed by atoms with Crippen molar-refractivity contribution in [1.29, 1.82) is 0 Å². The average molecular weight is 1180 g/mol. The zero-order chi connectivity index (χ0) is 61.1. The van der Waals surface area contributed by atoms with Crippen molar-refractivity contribution >= 4 is 44.9 Å². The van der Waals surface area contributed by atoms with Gasteiger partial charge in [-0.05, 0) is 69.3 Å². The molecule has 6 aromatic carbocycles. The lowest BCUT2D eigenvalue weighted by atomic mass is 9.12. The SMILES string of the molecule is CC(C)(C)OC(=O)c1ccc(C[n+]2cccc3ccccc32)cc1.FC(F)(F)c1cc([B-](c2cc(C(F)(F)F)cc(C(F)(F)F)c2)(c2cc(C(F)(F)F)cc(C(F)(F)F)c2)c2cc(C(F)(F)F)cc(C(F)(F)F)c2)cc(C(F)(F)F)c1. The van der Waals surface area contributed by atoms with E-state index < -0.39 is 200 Å². The zero-order valence-corrected chi connectivity index (χ0v) is 40.9. The molecule has 0 spiro atoms. The lowest BCUT2D eigenvalue weighted by molar-refractivity contribution is -0.662. The fourth-order valence-electron chi connectivity index (χ4n) is 8.71. The number of fused-ring (bicyclic) bond motifs is 1. The van der Waals surface area contributed by atoms with Gasteiger partial charge in [-0.3, -0.25) is 0 Å². The van der Waals surface area contributed by atoms with Crippen molar-refractivity contribution in [3.05, 3.63) is 195 Å². The fourth-order valence-corrected chi connectivity index (χ4v) is 8.71. The molecule has 0 N–H and O–H groups in total. The minimum absolute atomic E-state index is 0.285. The van der Waals surface area contributed by atoms with Gasteiger partial charge in [0.05, 0.1) is 50.1 Å². The number of aromatic nitrogens is 1. The number of para-hydroxylation sites is 1. The van der Waals surface area contributed by atoms with Gasteiger partial charge in [0.2, 0.25) is 5.52 Å². The van der Waals surface area contributed by atoms with Crippen molar-refractivity contribution < 1.29 is 119 Å². The lowest BCUT2D eigenvalue weighted by Crippen LogP contribution is -2.75. The number of hydrogen-bond donors (Lipinski definition) is 0.